The van der Waals surface area contributed by atoms with E-state index in [4.69, 9.17) is 16.3 Å². The highest BCUT2D eigenvalue weighted by atomic mass is 35.5. The van der Waals surface area contributed by atoms with Gasteiger partial charge in [-0.15, -0.1) is 0 Å². The van der Waals surface area contributed by atoms with Gasteiger partial charge in [-0.25, -0.2) is 0 Å². The molecule has 0 aromatic heterocycles. The van der Waals surface area contributed by atoms with Crippen molar-refractivity contribution < 1.29 is 9.53 Å². The first kappa shape index (κ1) is 14.0. The third-order valence-corrected chi connectivity index (χ3v) is 3.01. The van der Waals surface area contributed by atoms with Crippen LogP contribution in [0.3, 0.4) is 0 Å². The van der Waals surface area contributed by atoms with Crippen molar-refractivity contribution in [1.82, 2.24) is 5.32 Å². The van der Waals surface area contributed by atoms with Crippen LogP contribution in [0.25, 0.3) is 0 Å². The van der Waals surface area contributed by atoms with Gasteiger partial charge in [0.15, 0.2) is 0 Å². The standard InChI is InChI=1S/C13H18ClNO2/c1-9(16)4-6-12(15-2)10-5-7-13(17-3)11(14)8-10/h5,7-8,12,15H,4,6H2,1-3H3. The van der Waals surface area contributed by atoms with E-state index in [0.29, 0.717) is 17.2 Å². The molecule has 0 aliphatic carbocycles. The first-order chi connectivity index (χ1) is 8.08. The summed E-state index contributed by atoms with van der Waals surface area (Å²) in [5.41, 5.74) is 1.07. The van der Waals surface area contributed by atoms with Crippen LogP contribution in [0.15, 0.2) is 18.2 Å². The third-order valence-electron chi connectivity index (χ3n) is 2.71. The van der Waals surface area contributed by atoms with Crippen LogP contribution < -0.4 is 10.1 Å². The van der Waals surface area contributed by atoms with Crippen molar-refractivity contribution in [2.45, 2.75) is 25.8 Å². The molecule has 0 spiro atoms. The van der Waals surface area contributed by atoms with E-state index in [0.717, 1.165) is 12.0 Å². The fraction of sp³-hybridized carbons (Fsp3) is 0.462. The van der Waals surface area contributed by atoms with Gasteiger partial charge in [-0.2, -0.15) is 0 Å². The van der Waals surface area contributed by atoms with Crippen molar-refractivity contribution in [1.29, 1.82) is 0 Å². The maximum atomic E-state index is 11.0. The molecule has 17 heavy (non-hydrogen) atoms. The number of nitrogens with one attached hydrogen (secondary N) is 1. The molecule has 0 saturated carbocycles. The Bertz CT molecular complexity index is 393. The smallest absolute Gasteiger partial charge is 0.137 e. The molecule has 3 nitrogen and oxygen atoms in total. The quantitative estimate of drug-likeness (QED) is 0.849. The van der Waals surface area contributed by atoms with Crippen molar-refractivity contribution >= 4 is 17.4 Å². The van der Waals surface area contributed by atoms with Crippen molar-refractivity contribution in [3.63, 3.8) is 0 Å². The summed E-state index contributed by atoms with van der Waals surface area (Å²) in [6, 6.07) is 5.83. The van der Waals surface area contributed by atoms with E-state index in [1.807, 2.05) is 25.2 Å². The second kappa shape index (κ2) is 6.62. The number of hydrogen-bond donors (Lipinski definition) is 1. The molecule has 1 atom stereocenters. The third kappa shape index (κ3) is 4.02. The molecule has 0 aliphatic rings. The number of ether oxygens (including phenoxy) is 1. The van der Waals surface area contributed by atoms with Gasteiger partial charge in [0.05, 0.1) is 12.1 Å². The Kier molecular flexibility index (Phi) is 5.45. The zero-order valence-electron chi connectivity index (χ0n) is 10.4. The van der Waals surface area contributed by atoms with Gasteiger partial charge in [-0.05, 0) is 38.1 Å². The lowest BCUT2D eigenvalue weighted by atomic mass is 10.0. The monoisotopic (exact) mass is 255 g/mol. The predicted octanol–water partition coefficient (Wildman–Crippen LogP) is 2.98. The van der Waals surface area contributed by atoms with Crippen LogP contribution in [0, 0.1) is 0 Å². The largest absolute Gasteiger partial charge is 0.495 e. The molecule has 94 valence electrons. The number of carbonyl (C=O) groups is 1. The van der Waals surface area contributed by atoms with E-state index < -0.39 is 0 Å². The highest BCUT2D eigenvalue weighted by Gasteiger charge is 2.12. The molecule has 1 N–H and O–H groups in total. The van der Waals surface area contributed by atoms with Gasteiger partial charge in [0, 0.05) is 12.5 Å². The first-order valence-electron chi connectivity index (χ1n) is 5.58. The minimum absolute atomic E-state index is 0.141. The molecule has 4 heteroatoms. The first-order valence-corrected chi connectivity index (χ1v) is 5.96. The molecule has 0 heterocycles. The Labute approximate surface area is 107 Å². The molecular weight excluding hydrogens is 238 g/mol. The van der Waals surface area contributed by atoms with E-state index in [1.54, 1.807) is 14.0 Å². The molecule has 0 radical (unpaired) electrons. The number of hydrogen-bond acceptors (Lipinski definition) is 3. The second-order valence-corrected chi connectivity index (χ2v) is 4.38. The summed E-state index contributed by atoms with van der Waals surface area (Å²) in [5, 5.41) is 3.78. The number of methoxy groups -OCH3 is 1. The molecule has 0 bridgehead atoms. The predicted molar refractivity (Wildman–Crippen MR) is 69.7 cm³/mol. The Hall–Kier alpha value is -1.06. The van der Waals surface area contributed by atoms with Crippen molar-refractivity contribution in [3.05, 3.63) is 28.8 Å². The van der Waals surface area contributed by atoms with E-state index in [9.17, 15) is 4.79 Å². The van der Waals surface area contributed by atoms with Crippen LogP contribution in [0.2, 0.25) is 5.02 Å². The molecule has 1 unspecified atom stereocenters. The minimum Gasteiger partial charge on any atom is -0.495 e. The second-order valence-electron chi connectivity index (χ2n) is 3.98. The minimum atomic E-state index is 0.141. The van der Waals surface area contributed by atoms with E-state index in [-0.39, 0.29) is 11.8 Å². The number of rotatable bonds is 6. The summed E-state index contributed by atoms with van der Waals surface area (Å²) in [6.07, 6.45) is 1.34. The lowest BCUT2D eigenvalue weighted by molar-refractivity contribution is -0.117. The average Bonchev–Trinajstić information content (AvgIpc) is 2.29. The zero-order valence-corrected chi connectivity index (χ0v) is 11.2. The zero-order chi connectivity index (χ0) is 12.8. The maximum absolute atomic E-state index is 11.0. The van der Waals surface area contributed by atoms with Crippen molar-refractivity contribution in [2.24, 2.45) is 0 Å². The van der Waals surface area contributed by atoms with Crippen LogP contribution in [0.1, 0.15) is 31.4 Å². The Balaban J connectivity index is 2.81. The van der Waals surface area contributed by atoms with Gasteiger partial charge in [0.1, 0.15) is 11.5 Å². The topological polar surface area (TPSA) is 38.3 Å². The summed E-state index contributed by atoms with van der Waals surface area (Å²) in [4.78, 5) is 11.0. The number of benzene rings is 1. The van der Waals surface area contributed by atoms with Gasteiger partial charge in [0.2, 0.25) is 0 Å². The van der Waals surface area contributed by atoms with E-state index in [1.165, 1.54) is 0 Å². The molecular formula is C13H18ClNO2. The number of ketones is 1. The van der Waals surface area contributed by atoms with Gasteiger partial charge >= 0.3 is 0 Å². The highest BCUT2D eigenvalue weighted by Crippen LogP contribution is 2.29. The molecule has 0 aliphatic heterocycles. The summed E-state index contributed by atoms with van der Waals surface area (Å²) >= 11 is 6.07. The number of halogens is 1. The highest BCUT2D eigenvalue weighted by molar-refractivity contribution is 6.32. The van der Waals surface area contributed by atoms with Crippen LogP contribution in [-0.4, -0.2) is 19.9 Å². The van der Waals surface area contributed by atoms with E-state index in [2.05, 4.69) is 5.32 Å². The molecule has 0 fully saturated rings. The van der Waals surface area contributed by atoms with Gasteiger partial charge in [-0.3, -0.25) is 0 Å². The number of carbonyl (C=O) groups excluding carboxylic acids is 1. The van der Waals surface area contributed by atoms with Crippen LogP contribution >= 0.6 is 11.6 Å². The Morgan fingerprint density at radius 3 is 2.71 bits per heavy atom. The molecule has 0 saturated heterocycles. The average molecular weight is 256 g/mol. The fourth-order valence-corrected chi connectivity index (χ4v) is 1.99. The Morgan fingerprint density at radius 1 is 1.53 bits per heavy atom. The molecule has 0 amide bonds. The molecule has 1 aromatic rings. The van der Waals surface area contributed by atoms with Gasteiger partial charge < -0.3 is 14.8 Å². The van der Waals surface area contributed by atoms with Crippen molar-refractivity contribution in [2.75, 3.05) is 14.2 Å². The molecule has 1 aromatic carbocycles. The normalized spacial score (nSPS) is 12.2. The molecule has 1 rings (SSSR count). The Morgan fingerprint density at radius 2 is 2.24 bits per heavy atom. The van der Waals surface area contributed by atoms with Crippen LogP contribution in [0.5, 0.6) is 5.75 Å². The summed E-state index contributed by atoms with van der Waals surface area (Å²) in [7, 11) is 3.47. The number of Topliss-reactive ketones (excluding diaryl/α,β-unsaturated/α-hetero) is 1. The fourth-order valence-electron chi connectivity index (χ4n) is 1.72. The summed E-state index contributed by atoms with van der Waals surface area (Å²) in [5.74, 6) is 0.863. The van der Waals surface area contributed by atoms with Crippen LogP contribution in [-0.2, 0) is 4.79 Å². The van der Waals surface area contributed by atoms with Crippen molar-refractivity contribution in [3.8, 4) is 5.75 Å². The lowest BCUT2D eigenvalue weighted by Gasteiger charge is -2.17. The lowest BCUT2D eigenvalue weighted by Crippen LogP contribution is -2.17. The van der Waals surface area contributed by atoms with Gasteiger partial charge in [0.25, 0.3) is 0 Å². The SMILES string of the molecule is CNC(CCC(C)=O)c1ccc(OC)c(Cl)c1. The maximum Gasteiger partial charge on any atom is 0.137 e. The summed E-state index contributed by atoms with van der Waals surface area (Å²) in [6.45, 7) is 1.60. The van der Waals surface area contributed by atoms with Gasteiger partial charge in [-0.1, -0.05) is 17.7 Å². The van der Waals surface area contributed by atoms with Crippen LogP contribution in [0.4, 0.5) is 0 Å². The summed E-state index contributed by atoms with van der Waals surface area (Å²) < 4.78 is 5.11. The van der Waals surface area contributed by atoms with E-state index >= 15 is 0 Å².